The van der Waals surface area contributed by atoms with E-state index in [9.17, 15) is 0 Å². The van der Waals surface area contributed by atoms with Crippen molar-refractivity contribution in [2.24, 2.45) is 0 Å². The summed E-state index contributed by atoms with van der Waals surface area (Å²) in [5.41, 5.74) is 0.489. The van der Waals surface area contributed by atoms with Crippen LogP contribution in [0.3, 0.4) is 0 Å². The summed E-state index contributed by atoms with van der Waals surface area (Å²) in [4.78, 5) is 5.38. The third-order valence-electron chi connectivity index (χ3n) is 5.26. The number of morpholine rings is 1. The Balaban J connectivity index is 0.00000110. The van der Waals surface area contributed by atoms with Gasteiger partial charge in [-0.2, -0.15) is 0 Å². The fraction of sp³-hybridized carbons (Fsp3) is 1.00. The summed E-state index contributed by atoms with van der Waals surface area (Å²) < 4.78 is 5.44. The maximum Gasteiger partial charge on any atom is 0.0594 e. The van der Waals surface area contributed by atoms with Crippen molar-refractivity contribution < 1.29 is 4.74 Å². The van der Waals surface area contributed by atoms with Crippen LogP contribution >= 0.6 is 24.8 Å². The molecule has 0 radical (unpaired) electrons. The summed E-state index contributed by atoms with van der Waals surface area (Å²) in [7, 11) is 0. The molecule has 2 heterocycles. The van der Waals surface area contributed by atoms with Gasteiger partial charge in [-0.05, 0) is 12.8 Å². The molecule has 0 aromatic heterocycles. The van der Waals surface area contributed by atoms with Crippen molar-refractivity contribution in [3.8, 4) is 0 Å². The fourth-order valence-electron chi connectivity index (χ4n) is 4.02. The second-order valence-corrected chi connectivity index (χ2v) is 6.40. The first-order valence-corrected chi connectivity index (χ1v) is 8.15. The molecule has 126 valence electrons. The van der Waals surface area contributed by atoms with Crippen LogP contribution in [-0.2, 0) is 4.74 Å². The molecular weight excluding hydrogens is 309 g/mol. The Morgan fingerprint density at radius 3 is 2.33 bits per heavy atom. The number of nitrogens with zero attached hydrogens (tertiary/aromatic N) is 2. The van der Waals surface area contributed by atoms with Crippen LogP contribution in [0.25, 0.3) is 0 Å². The molecule has 0 aromatic carbocycles. The van der Waals surface area contributed by atoms with E-state index in [0.29, 0.717) is 5.54 Å². The highest BCUT2D eigenvalue weighted by Crippen LogP contribution is 2.34. The van der Waals surface area contributed by atoms with Crippen LogP contribution in [-0.4, -0.2) is 74.4 Å². The van der Waals surface area contributed by atoms with Crippen LogP contribution < -0.4 is 5.32 Å². The van der Waals surface area contributed by atoms with E-state index in [-0.39, 0.29) is 24.8 Å². The molecule has 3 aliphatic rings. The number of nitrogens with one attached hydrogen (secondary N) is 1. The Labute approximate surface area is 141 Å². The van der Waals surface area contributed by atoms with Crippen molar-refractivity contribution in [1.82, 2.24) is 15.1 Å². The van der Waals surface area contributed by atoms with E-state index in [4.69, 9.17) is 4.74 Å². The van der Waals surface area contributed by atoms with Crippen molar-refractivity contribution in [3.05, 3.63) is 0 Å². The molecule has 1 saturated carbocycles. The Kier molecular flexibility index (Phi) is 8.84. The maximum absolute atomic E-state index is 5.44. The second kappa shape index (κ2) is 9.53. The number of hydrogen-bond donors (Lipinski definition) is 1. The van der Waals surface area contributed by atoms with Gasteiger partial charge in [-0.15, -0.1) is 24.8 Å². The standard InChI is InChI=1S/C15H29N3O.2ClH/c1-2-4-15(5-3-1)14-16-6-7-18(15)9-8-17-10-12-19-13-11-17;;/h16H,1-14H2;2*1H. The molecular formula is C15H31Cl2N3O. The predicted molar refractivity (Wildman–Crippen MR) is 92.0 cm³/mol. The number of ether oxygens (including phenoxy) is 1. The van der Waals surface area contributed by atoms with Crippen LogP contribution in [0.2, 0.25) is 0 Å². The zero-order valence-corrected chi connectivity index (χ0v) is 14.7. The first kappa shape index (κ1) is 19.5. The molecule has 1 spiro atoms. The lowest BCUT2D eigenvalue weighted by molar-refractivity contribution is 0.000689. The summed E-state index contributed by atoms with van der Waals surface area (Å²) in [6.45, 7) is 10.2. The summed E-state index contributed by atoms with van der Waals surface area (Å²) >= 11 is 0. The Bertz CT molecular complexity index is 274. The minimum atomic E-state index is 0. The Morgan fingerprint density at radius 2 is 1.62 bits per heavy atom. The number of halogens is 2. The van der Waals surface area contributed by atoms with E-state index >= 15 is 0 Å². The highest BCUT2D eigenvalue weighted by molar-refractivity contribution is 5.85. The first-order valence-electron chi connectivity index (χ1n) is 8.15. The topological polar surface area (TPSA) is 27.7 Å². The Hall–Kier alpha value is 0.420. The summed E-state index contributed by atoms with van der Waals surface area (Å²) in [5, 5.41) is 3.64. The van der Waals surface area contributed by atoms with Crippen molar-refractivity contribution in [3.63, 3.8) is 0 Å². The number of piperazine rings is 1. The van der Waals surface area contributed by atoms with Gasteiger partial charge in [0.1, 0.15) is 0 Å². The van der Waals surface area contributed by atoms with Gasteiger partial charge in [0, 0.05) is 51.4 Å². The molecule has 21 heavy (non-hydrogen) atoms. The van der Waals surface area contributed by atoms with Crippen molar-refractivity contribution in [2.45, 2.75) is 37.6 Å². The van der Waals surface area contributed by atoms with Gasteiger partial charge in [0.05, 0.1) is 13.2 Å². The lowest BCUT2D eigenvalue weighted by Crippen LogP contribution is -2.63. The zero-order chi connectivity index (χ0) is 13.0. The van der Waals surface area contributed by atoms with E-state index < -0.39 is 0 Å². The molecule has 6 heteroatoms. The van der Waals surface area contributed by atoms with E-state index in [1.54, 1.807) is 0 Å². The molecule has 1 N–H and O–H groups in total. The quantitative estimate of drug-likeness (QED) is 0.848. The summed E-state index contributed by atoms with van der Waals surface area (Å²) in [5.74, 6) is 0. The SMILES string of the molecule is C1CCC2(CC1)CNCCN2CCN1CCOCC1.Cl.Cl. The minimum Gasteiger partial charge on any atom is -0.379 e. The van der Waals surface area contributed by atoms with Crippen LogP contribution in [0.5, 0.6) is 0 Å². The van der Waals surface area contributed by atoms with Crippen molar-refractivity contribution >= 4 is 24.8 Å². The van der Waals surface area contributed by atoms with E-state index in [1.165, 1.54) is 64.8 Å². The molecule has 0 unspecified atom stereocenters. The first-order chi connectivity index (χ1) is 9.39. The fourth-order valence-corrected chi connectivity index (χ4v) is 4.02. The van der Waals surface area contributed by atoms with Crippen LogP contribution in [0.15, 0.2) is 0 Å². The monoisotopic (exact) mass is 339 g/mol. The molecule has 0 atom stereocenters. The van der Waals surface area contributed by atoms with Crippen LogP contribution in [0.1, 0.15) is 32.1 Å². The molecule has 2 aliphatic heterocycles. The lowest BCUT2D eigenvalue weighted by Gasteiger charge is -2.50. The molecule has 0 amide bonds. The average Bonchev–Trinajstić information content (AvgIpc) is 2.48. The van der Waals surface area contributed by atoms with Crippen LogP contribution in [0.4, 0.5) is 0 Å². The van der Waals surface area contributed by atoms with Crippen molar-refractivity contribution in [2.75, 3.05) is 59.0 Å². The van der Waals surface area contributed by atoms with Gasteiger partial charge >= 0.3 is 0 Å². The zero-order valence-electron chi connectivity index (χ0n) is 13.0. The molecule has 3 rings (SSSR count). The molecule has 3 fully saturated rings. The molecule has 4 nitrogen and oxygen atoms in total. The number of hydrogen-bond acceptors (Lipinski definition) is 4. The Morgan fingerprint density at radius 1 is 0.905 bits per heavy atom. The van der Waals surface area contributed by atoms with Gasteiger partial charge in [-0.3, -0.25) is 9.80 Å². The third kappa shape index (κ3) is 4.95. The summed E-state index contributed by atoms with van der Waals surface area (Å²) in [6, 6.07) is 0. The highest BCUT2D eigenvalue weighted by atomic mass is 35.5. The number of rotatable bonds is 3. The van der Waals surface area contributed by atoms with Gasteiger partial charge < -0.3 is 10.1 Å². The lowest BCUT2D eigenvalue weighted by atomic mass is 9.79. The van der Waals surface area contributed by atoms with E-state index in [0.717, 1.165) is 26.3 Å². The largest absolute Gasteiger partial charge is 0.379 e. The highest BCUT2D eigenvalue weighted by Gasteiger charge is 2.39. The molecule has 0 bridgehead atoms. The second-order valence-electron chi connectivity index (χ2n) is 6.40. The van der Waals surface area contributed by atoms with Crippen LogP contribution in [0, 0.1) is 0 Å². The van der Waals surface area contributed by atoms with E-state index in [2.05, 4.69) is 15.1 Å². The smallest absolute Gasteiger partial charge is 0.0594 e. The third-order valence-corrected chi connectivity index (χ3v) is 5.26. The molecule has 2 saturated heterocycles. The molecule has 1 aliphatic carbocycles. The average molecular weight is 340 g/mol. The van der Waals surface area contributed by atoms with E-state index in [1.807, 2.05) is 0 Å². The van der Waals surface area contributed by atoms with Gasteiger partial charge in [-0.25, -0.2) is 0 Å². The normalized spacial score (nSPS) is 26.9. The maximum atomic E-state index is 5.44. The predicted octanol–water partition coefficient (Wildman–Crippen LogP) is 1.77. The van der Waals surface area contributed by atoms with Crippen molar-refractivity contribution in [1.29, 1.82) is 0 Å². The summed E-state index contributed by atoms with van der Waals surface area (Å²) in [6.07, 6.45) is 7.11. The molecule has 0 aromatic rings. The van der Waals surface area contributed by atoms with Gasteiger partial charge in [0.25, 0.3) is 0 Å². The van der Waals surface area contributed by atoms with Gasteiger partial charge in [0.2, 0.25) is 0 Å². The van der Waals surface area contributed by atoms with Gasteiger partial charge in [0.15, 0.2) is 0 Å². The minimum absolute atomic E-state index is 0. The van der Waals surface area contributed by atoms with Gasteiger partial charge in [-0.1, -0.05) is 19.3 Å².